The maximum absolute atomic E-state index is 12.7. The number of carbonyl (C=O) groups is 2. The molecule has 132 valence electrons. The maximum Gasteiger partial charge on any atom is 0.247 e. The predicted octanol–water partition coefficient (Wildman–Crippen LogP) is 2.49. The molecule has 3 atom stereocenters. The number of carbonyl (C=O) groups excluding carboxylic acids is 2. The third-order valence-electron chi connectivity index (χ3n) is 4.40. The fourth-order valence-corrected chi connectivity index (χ4v) is 2.75. The highest BCUT2D eigenvalue weighted by atomic mass is 35.5. The molecule has 0 aliphatic rings. The maximum atomic E-state index is 12.7. The van der Waals surface area contributed by atoms with E-state index < -0.39 is 23.4 Å². The highest BCUT2D eigenvalue weighted by Gasteiger charge is 2.37. The highest BCUT2D eigenvalue weighted by Crippen LogP contribution is 2.26. The van der Waals surface area contributed by atoms with E-state index in [4.69, 9.17) is 23.1 Å². The molecule has 0 aliphatic carbocycles. The van der Waals surface area contributed by atoms with Crippen molar-refractivity contribution in [2.24, 2.45) is 17.4 Å². The van der Waals surface area contributed by atoms with E-state index in [1.54, 1.807) is 38.1 Å². The predicted molar refractivity (Wildman–Crippen MR) is 98.7 cm³/mol. The number of hydrogen-bond acceptors (Lipinski definition) is 3. The zero-order valence-corrected chi connectivity index (χ0v) is 15.0. The van der Waals surface area contributed by atoms with Gasteiger partial charge in [0.15, 0.2) is 0 Å². The van der Waals surface area contributed by atoms with Crippen LogP contribution in [0.2, 0.25) is 5.02 Å². The lowest BCUT2D eigenvalue weighted by Crippen LogP contribution is -2.54. The second kappa shape index (κ2) is 7.68. The second-order valence-corrected chi connectivity index (χ2v) is 6.65. The lowest BCUT2D eigenvalue weighted by Gasteiger charge is -2.31. The Hall–Kier alpha value is -2.37. The van der Waals surface area contributed by atoms with Crippen LogP contribution in [0, 0.1) is 5.92 Å². The molecule has 6 heteroatoms. The molecular formula is C19H22ClN3O2. The van der Waals surface area contributed by atoms with E-state index in [0.717, 1.165) is 5.56 Å². The fourth-order valence-electron chi connectivity index (χ4n) is 2.56. The van der Waals surface area contributed by atoms with Gasteiger partial charge in [-0.25, -0.2) is 0 Å². The van der Waals surface area contributed by atoms with Crippen LogP contribution < -0.4 is 16.8 Å². The first kappa shape index (κ1) is 19.0. The molecule has 5 nitrogen and oxygen atoms in total. The van der Waals surface area contributed by atoms with Crippen molar-refractivity contribution in [1.82, 2.24) is 5.32 Å². The summed E-state index contributed by atoms with van der Waals surface area (Å²) in [5, 5.41) is 3.19. The molecule has 2 amide bonds. The van der Waals surface area contributed by atoms with Crippen molar-refractivity contribution in [2.75, 3.05) is 0 Å². The molecule has 2 rings (SSSR count). The van der Waals surface area contributed by atoms with E-state index in [1.807, 2.05) is 30.3 Å². The summed E-state index contributed by atoms with van der Waals surface area (Å²) in [5.41, 5.74) is 11.7. The van der Waals surface area contributed by atoms with Crippen molar-refractivity contribution in [3.63, 3.8) is 0 Å². The lowest BCUT2D eigenvalue weighted by molar-refractivity contribution is -0.133. The molecular weight excluding hydrogens is 338 g/mol. The Kier molecular flexibility index (Phi) is 5.82. The summed E-state index contributed by atoms with van der Waals surface area (Å²) in [6, 6.07) is 15.5. The molecule has 0 spiro atoms. The first-order valence-electron chi connectivity index (χ1n) is 7.94. The van der Waals surface area contributed by atoms with Crippen molar-refractivity contribution in [1.29, 1.82) is 0 Å². The molecule has 0 saturated heterocycles. The van der Waals surface area contributed by atoms with Crippen molar-refractivity contribution >= 4 is 23.4 Å². The van der Waals surface area contributed by atoms with E-state index in [9.17, 15) is 9.59 Å². The van der Waals surface area contributed by atoms with Gasteiger partial charge >= 0.3 is 0 Å². The number of nitrogens with one attached hydrogen (secondary N) is 1. The van der Waals surface area contributed by atoms with Crippen LogP contribution >= 0.6 is 11.6 Å². The van der Waals surface area contributed by atoms with Crippen molar-refractivity contribution in [3.05, 3.63) is 70.7 Å². The van der Waals surface area contributed by atoms with Crippen LogP contribution in [0.15, 0.2) is 54.6 Å². The standard InChI is InChI=1S/C19H22ClN3O2/c1-12(16(21)13-7-4-3-5-8-13)17(24)23-19(2,18(22)25)14-9-6-10-15(20)11-14/h3-12,16H,21H2,1-2H3,(H2,22,25)(H,23,24). The van der Waals surface area contributed by atoms with Gasteiger partial charge in [0.25, 0.3) is 0 Å². The van der Waals surface area contributed by atoms with Gasteiger partial charge in [-0.1, -0.05) is 61.0 Å². The summed E-state index contributed by atoms with van der Waals surface area (Å²) in [6.45, 7) is 3.27. The van der Waals surface area contributed by atoms with Crippen LogP contribution in [-0.4, -0.2) is 11.8 Å². The minimum atomic E-state index is -1.38. The average Bonchev–Trinajstić information content (AvgIpc) is 2.60. The van der Waals surface area contributed by atoms with Crippen LogP contribution in [0.3, 0.4) is 0 Å². The van der Waals surface area contributed by atoms with Crippen molar-refractivity contribution in [2.45, 2.75) is 25.4 Å². The lowest BCUT2D eigenvalue weighted by atomic mass is 9.88. The molecule has 2 aromatic rings. The molecule has 0 bridgehead atoms. The zero-order chi connectivity index (χ0) is 18.6. The molecule has 0 aliphatic heterocycles. The van der Waals surface area contributed by atoms with Gasteiger partial charge in [-0.2, -0.15) is 0 Å². The third kappa shape index (κ3) is 4.18. The van der Waals surface area contributed by atoms with Crippen molar-refractivity contribution < 1.29 is 9.59 Å². The smallest absolute Gasteiger partial charge is 0.247 e. The number of rotatable bonds is 6. The number of halogens is 1. The minimum Gasteiger partial charge on any atom is -0.367 e. The van der Waals surface area contributed by atoms with Gasteiger partial charge in [-0.3, -0.25) is 9.59 Å². The van der Waals surface area contributed by atoms with Gasteiger partial charge in [0.2, 0.25) is 11.8 Å². The quantitative estimate of drug-likeness (QED) is 0.738. The van der Waals surface area contributed by atoms with Gasteiger partial charge in [0.05, 0.1) is 5.92 Å². The van der Waals surface area contributed by atoms with Crippen LogP contribution in [0.25, 0.3) is 0 Å². The number of benzene rings is 2. The van der Waals surface area contributed by atoms with Crippen LogP contribution in [0.5, 0.6) is 0 Å². The fraction of sp³-hybridized carbons (Fsp3) is 0.263. The summed E-state index contributed by atoms with van der Waals surface area (Å²) in [4.78, 5) is 24.8. The molecule has 0 heterocycles. The Labute approximate surface area is 152 Å². The second-order valence-electron chi connectivity index (χ2n) is 6.21. The van der Waals surface area contributed by atoms with E-state index in [-0.39, 0.29) is 5.91 Å². The Morgan fingerprint density at radius 1 is 1.12 bits per heavy atom. The van der Waals surface area contributed by atoms with Crippen LogP contribution in [-0.2, 0) is 15.1 Å². The zero-order valence-electron chi connectivity index (χ0n) is 14.2. The van der Waals surface area contributed by atoms with E-state index in [1.165, 1.54) is 0 Å². The first-order valence-corrected chi connectivity index (χ1v) is 8.32. The summed E-state index contributed by atoms with van der Waals surface area (Å²) in [7, 11) is 0. The van der Waals surface area contributed by atoms with Gasteiger partial charge < -0.3 is 16.8 Å². The Morgan fingerprint density at radius 3 is 2.32 bits per heavy atom. The normalized spacial score (nSPS) is 15.7. The van der Waals surface area contributed by atoms with Gasteiger partial charge in [0.1, 0.15) is 5.54 Å². The summed E-state index contributed by atoms with van der Waals surface area (Å²) in [5.74, 6) is -1.60. The molecule has 0 saturated carbocycles. The molecule has 0 fully saturated rings. The molecule has 2 aromatic carbocycles. The Bertz CT molecular complexity index is 766. The highest BCUT2D eigenvalue weighted by molar-refractivity contribution is 6.30. The number of nitrogens with two attached hydrogens (primary N) is 2. The topological polar surface area (TPSA) is 98.2 Å². The number of primary amides is 1. The molecule has 3 unspecified atom stereocenters. The monoisotopic (exact) mass is 359 g/mol. The summed E-state index contributed by atoms with van der Waals surface area (Å²) >= 11 is 6.00. The van der Waals surface area contributed by atoms with Crippen molar-refractivity contribution in [3.8, 4) is 0 Å². The van der Waals surface area contributed by atoms with Crippen LogP contribution in [0.1, 0.15) is 31.0 Å². The Morgan fingerprint density at radius 2 is 1.76 bits per heavy atom. The van der Waals surface area contributed by atoms with Crippen LogP contribution in [0.4, 0.5) is 0 Å². The molecule has 25 heavy (non-hydrogen) atoms. The molecule has 0 aromatic heterocycles. The number of amides is 2. The largest absolute Gasteiger partial charge is 0.367 e. The van der Waals surface area contributed by atoms with E-state index in [0.29, 0.717) is 10.6 Å². The molecule has 5 N–H and O–H groups in total. The van der Waals surface area contributed by atoms with Gasteiger partial charge in [-0.15, -0.1) is 0 Å². The van der Waals surface area contributed by atoms with Gasteiger partial charge in [0, 0.05) is 11.1 Å². The molecule has 0 radical (unpaired) electrons. The van der Waals surface area contributed by atoms with E-state index in [2.05, 4.69) is 5.32 Å². The first-order chi connectivity index (χ1) is 11.8. The summed E-state index contributed by atoms with van der Waals surface area (Å²) in [6.07, 6.45) is 0. The van der Waals surface area contributed by atoms with E-state index >= 15 is 0 Å². The summed E-state index contributed by atoms with van der Waals surface area (Å²) < 4.78 is 0. The minimum absolute atomic E-state index is 0.363. The average molecular weight is 360 g/mol. The third-order valence-corrected chi connectivity index (χ3v) is 4.64. The Balaban J connectivity index is 2.24. The SMILES string of the molecule is CC(C(=O)NC(C)(C(N)=O)c1cccc(Cl)c1)C(N)c1ccccc1. The van der Waals surface area contributed by atoms with Gasteiger partial charge in [-0.05, 0) is 30.2 Å². The number of hydrogen-bond donors (Lipinski definition) is 3.